The highest BCUT2D eigenvalue weighted by Crippen LogP contribution is 2.14. The predicted molar refractivity (Wildman–Crippen MR) is 129 cm³/mol. The highest BCUT2D eigenvalue weighted by Gasteiger charge is 2.25. The quantitative estimate of drug-likeness (QED) is 0.124. The van der Waals surface area contributed by atoms with Gasteiger partial charge in [-0.15, -0.1) is 0 Å². The first-order valence-electron chi connectivity index (χ1n) is 12.8. The molecule has 184 valence electrons. The molecule has 0 aromatic heterocycles. The molecule has 1 atom stereocenters. The topological polar surface area (TPSA) is 52.6 Å². The van der Waals surface area contributed by atoms with Crippen LogP contribution >= 0.6 is 0 Å². The Kier molecular flexibility index (Phi) is 17.8. The van der Waals surface area contributed by atoms with E-state index in [-0.39, 0.29) is 24.5 Å². The molecule has 0 fully saturated rings. The van der Waals surface area contributed by atoms with Gasteiger partial charge in [0.2, 0.25) is 0 Å². The second-order valence-electron chi connectivity index (χ2n) is 10.3. The molecule has 5 heteroatoms. The molecule has 0 aliphatic carbocycles. The molecular weight excluding hydrogens is 390 g/mol. The number of hydrogen-bond donors (Lipinski definition) is 0. The number of likely N-dealkylation sites (N-methyl/N-ethyl adjacent to an activating group) is 1. The van der Waals surface area contributed by atoms with Crippen LogP contribution in [0.1, 0.15) is 117 Å². The van der Waals surface area contributed by atoms with Gasteiger partial charge >= 0.3 is 11.9 Å². The third kappa shape index (κ3) is 21.9. The smallest absolute Gasteiger partial charge is 0.310 e. The minimum Gasteiger partial charge on any atom is -0.463 e. The summed E-state index contributed by atoms with van der Waals surface area (Å²) in [4.78, 5) is 24.3. The molecule has 0 saturated heterocycles. The minimum atomic E-state index is -0.430. The highest BCUT2D eigenvalue weighted by atomic mass is 16.6. The summed E-state index contributed by atoms with van der Waals surface area (Å²) >= 11 is 0. The fourth-order valence-corrected chi connectivity index (χ4v) is 3.78. The number of ether oxygens (including phenoxy) is 2. The predicted octanol–water partition coefficient (Wildman–Crippen LogP) is 6.43. The van der Waals surface area contributed by atoms with Crippen molar-refractivity contribution >= 4 is 11.9 Å². The average Bonchev–Trinajstić information content (AvgIpc) is 2.63. The van der Waals surface area contributed by atoms with Gasteiger partial charge in [0, 0.05) is 6.42 Å². The molecule has 0 spiro atoms. The molecule has 5 nitrogen and oxygen atoms in total. The number of carbonyl (C=O) groups excluding carboxylic acids is 2. The first kappa shape index (κ1) is 29.9. The van der Waals surface area contributed by atoms with E-state index >= 15 is 0 Å². The summed E-state index contributed by atoms with van der Waals surface area (Å²) in [5.74, 6) is -0.499. The van der Waals surface area contributed by atoms with Gasteiger partial charge in [-0.1, -0.05) is 84.0 Å². The van der Waals surface area contributed by atoms with Crippen LogP contribution < -0.4 is 0 Å². The van der Waals surface area contributed by atoms with E-state index in [2.05, 4.69) is 6.92 Å². The summed E-state index contributed by atoms with van der Waals surface area (Å²) in [6, 6.07) is 0. The molecule has 0 bridgehead atoms. The van der Waals surface area contributed by atoms with Crippen molar-refractivity contribution in [2.45, 2.75) is 129 Å². The lowest BCUT2D eigenvalue weighted by Crippen LogP contribution is -2.44. The fourth-order valence-electron chi connectivity index (χ4n) is 3.78. The van der Waals surface area contributed by atoms with E-state index in [0.717, 1.165) is 12.8 Å². The molecule has 0 amide bonds. The SMILES string of the molecule is CCCCCCCCCCCCCCCC(=O)OC(CC(=O)OC(C)C)C[N+](C)(C)C. The van der Waals surface area contributed by atoms with E-state index < -0.39 is 6.10 Å². The molecule has 0 saturated carbocycles. The summed E-state index contributed by atoms with van der Waals surface area (Å²) in [5, 5.41) is 0. The number of carbonyl (C=O) groups is 2. The van der Waals surface area contributed by atoms with Gasteiger partial charge < -0.3 is 14.0 Å². The Labute approximate surface area is 192 Å². The molecule has 0 radical (unpaired) electrons. The first-order valence-corrected chi connectivity index (χ1v) is 12.8. The summed E-state index contributed by atoms with van der Waals surface area (Å²) in [6.45, 7) is 6.51. The summed E-state index contributed by atoms with van der Waals surface area (Å²) < 4.78 is 11.5. The van der Waals surface area contributed by atoms with Gasteiger partial charge in [0.1, 0.15) is 6.54 Å². The van der Waals surface area contributed by atoms with E-state index in [1.54, 1.807) is 0 Å². The number of rotatable bonds is 20. The van der Waals surface area contributed by atoms with E-state index in [1.165, 1.54) is 70.6 Å². The first-order chi connectivity index (χ1) is 14.6. The Balaban J connectivity index is 3.86. The molecule has 0 aromatic carbocycles. The Morgan fingerprint density at radius 3 is 1.55 bits per heavy atom. The van der Waals surface area contributed by atoms with Crippen molar-refractivity contribution in [1.82, 2.24) is 0 Å². The number of nitrogens with zero attached hydrogens (tertiary/aromatic N) is 1. The van der Waals surface area contributed by atoms with Gasteiger partial charge in [-0.05, 0) is 20.3 Å². The van der Waals surface area contributed by atoms with Gasteiger partial charge in [0.25, 0.3) is 0 Å². The summed E-state index contributed by atoms with van der Waals surface area (Å²) in [5.41, 5.74) is 0. The maximum absolute atomic E-state index is 12.3. The maximum Gasteiger partial charge on any atom is 0.310 e. The zero-order chi connectivity index (χ0) is 23.5. The van der Waals surface area contributed by atoms with Gasteiger partial charge in [-0.3, -0.25) is 9.59 Å². The van der Waals surface area contributed by atoms with Crippen molar-refractivity contribution in [3.63, 3.8) is 0 Å². The lowest BCUT2D eigenvalue weighted by molar-refractivity contribution is -0.873. The molecule has 1 unspecified atom stereocenters. The maximum atomic E-state index is 12.3. The van der Waals surface area contributed by atoms with Crippen molar-refractivity contribution in [1.29, 1.82) is 0 Å². The minimum absolute atomic E-state index is 0.123. The van der Waals surface area contributed by atoms with Crippen LogP contribution in [0.15, 0.2) is 0 Å². The van der Waals surface area contributed by atoms with Crippen molar-refractivity contribution < 1.29 is 23.5 Å². The summed E-state index contributed by atoms with van der Waals surface area (Å²) in [6.07, 6.45) is 16.7. The van der Waals surface area contributed by atoms with Crippen molar-refractivity contribution in [3.8, 4) is 0 Å². The van der Waals surface area contributed by atoms with E-state index in [1.807, 2.05) is 35.0 Å². The van der Waals surface area contributed by atoms with Crippen molar-refractivity contribution in [3.05, 3.63) is 0 Å². The lowest BCUT2D eigenvalue weighted by Gasteiger charge is -2.28. The Morgan fingerprint density at radius 1 is 0.677 bits per heavy atom. The van der Waals surface area contributed by atoms with Crippen LogP contribution in [-0.4, -0.2) is 56.3 Å². The Morgan fingerprint density at radius 2 is 1.13 bits per heavy atom. The van der Waals surface area contributed by atoms with Crippen LogP contribution in [0, 0.1) is 0 Å². The van der Waals surface area contributed by atoms with Crippen LogP contribution in [0.4, 0.5) is 0 Å². The highest BCUT2D eigenvalue weighted by molar-refractivity contribution is 5.72. The van der Waals surface area contributed by atoms with Crippen LogP contribution in [0.2, 0.25) is 0 Å². The summed E-state index contributed by atoms with van der Waals surface area (Å²) in [7, 11) is 6.09. The zero-order valence-electron chi connectivity index (χ0n) is 21.5. The van der Waals surface area contributed by atoms with Crippen molar-refractivity contribution in [2.24, 2.45) is 0 Å². The van der Waals surface area contributed by atoms with E-state index in [4.69, 9.17) is 9.47 Å². The fraction of sp³-hybridized carbons (Fsp3) is 0.923. The third-order valence-electron chi connectivity index (χ3n) is 5.30. The van der Waals surface area contributed by atoms with E-state index in [0.29, 0.717) is 17.4 Å². The molecule has 0 aromatic rings. The number of esters is 2. The molecule has 0 aliphatic rings. The normalized spacial score (nSPS) is 12.7. The standard InChI is InChI=1S/C26H52NO4/c1-7-8-9-10-11-12-13-14-15-16-17-18-19-20-25(28)31-24(22-27(4,5)6)21-26(29)30-23(2)3/h23-24H,7-22H2,1-6H3/q+1. The van der Waals surface area contributed by atoms with Crippen LogP contribution in [0.5, 0.6) is 0 Å². The van der Waals surface area contributed by atoms with Gasteiger partial charge in [0.05, 0.1) is 33.7 Å². The Bertz CT molecular complexity index is 457. The Hall–Kier alpha value is -1.10. The largest absolute Gasteiger partial charge is 0.463 e. The molecule has 0 rings (SSSR count). The van der Waals surface area contributed by atoms with Crippen LogP contribution in [-0.2, 0) is 19.1 Å². The second kappa shape index (κ2) is 18.5. The van der Waals surface area contributed by atoms with Crippen molar-refractivity contribution in [2.75, 3.05) is 27.7 Å². The van der Waals surface area contributed by atoms with Crippen LogP contribution in [0.3, 0.4) is 0 Å². The number of quaternary nitrogens is 1. The molecule has 0 N–H and O–H groups in total. The second-order valence-corrected chi connectivity index (χ2v) is 10.3. The molecule has 0 heterocycles. The van der Waals surface area contributed by atoms with Gasteiger partial charge in [0.15, 0.2) is 6.10 Å². The van der Waals surface area contributed by atoms with Gasteiger partial charge in [-0.2, -0.15) is 0 Å². The van der Waals surface area contributed by atoms with Crippen LogP contribution in [0.25, 0.3) is 0 Å². The number of hydrogen-bond acceptors (Lipinski definition) is 4. The zero-order valence-corrected chi connectivity index (χ0v) is 21.5. The molecule has 0 aliphatic heterocycles. The third-order valence-corrected chi connectivity index (χ3v) is 5.30. The molecular formula is C26H52NO4+. The van der Waals surface area contributed by atoms with Gasteiger partial charge in [-0.25, -0.2) is 0 Å². The number of unbranched alkanes of at least 4 members (excludes halogenated alkanes) is 12. The lowest BCUT2D eigenvalue weighted by atomic mass is 10.0. The average molecular weight is 443 g/mol. The van der Waals surface area contributed by atoms with E-state index in [9.17, 15) is 9.59 Å². The monoisotopic (exact) mass is 442 g/mol. The molecule has 31 heavy (non-hydrogen) atoms.